The Balaban J connectivity index is 0.000000720. The molecule has 2 aliphatic rings. The zero-order valence-corrected chi connectivity index (χ0v) is 8.46. The Hall–Kier alpha value is 0.200. The summed E-state index contributed by atoms with van der Waals surface area (Å²) in [5.74, 6) is 0.724. The molecule has 0 aromatic carbocycles. The maximum Gasteiger partial charge on any atom is 0.150 e. The van der Waals surface area contributed by atoms with Gasteiger partial charge in [0.1, 0.15) is 9.84 Å². The second-order valence-electron chi connectivity index (χ2n) is 3.82. The van der Waals surface area contributed by atoms with E-state index in [1.165, 1.54) is 0 Å². The summed E-state index contributed by atoms with van der Waals surface area (Å²) in [5.41, 5.74) is 5.97. The fourth-order valence-corrected chi connectivity index (χ4v) is 3.54. The number of rotatable bonds is 0. The minimum Gasteiger partial charge on any atom is -0.327 e. The lowest BCUT2D eigenvalue weighted by Crippen LogP contribution is -2.28. The van der Waals surface area contributed by atoms with E-state index in [1.54, 1.807) is 0 Å². The van der Waals surface area contributed by atoms with Gasteiger partial charge in [-0.3, -0.25) is 0 Å². The molecule has 1 saturated carbocycles. The van der Waals surface area contributed by atoms with Gasteiger partial charge in [-0.15, -0.1) is 12.4 Å². The molecule has 3 nitrogen and oxygen atoms in total. The van der Waals surface area contributed by atoms with Crippen LogP contribution in [-0.4, -0.2) is 26.0 Å². The van der Waals surface area contributed by atoms with Crippen molar-refractivity contribution in [2.75, 3.05) is 11.5 Å². The summed E-state index contributed by atoms with van der Waals surface area (Å²) in [6, 6.07) is 0.290. The van der Waals surface area contributed by atoms with Gasteiger partial charge in [0.25, 0.3) is 0 Å². The van der Waals surface area contributed by atoms with E-state index in [1.807, 2.05) is 0 Å². The van der Waals surface area contributed by atoms with Crippen LogP contribution in [-0.2, 0) is 9.84 Å². The SMILES string of the molecule is Cl.NC1CC12CCS(=O)(=O)CC2. The van der Waals surface area contributed by atoms with Gasteiger partial charge < -0.3 is 5.73 Å². The minimum absolute atomic E-state index is 0. The standard InChI is InChI=1S/C7H13NO2S.ClH/c8-6-5-7(6)1-3-11(9,10)4-2-7;/h6H,1-5,8H2;1H. The predicted octanol–water partition coefficient (Wildman–Crippen LogP) is 0.334. The van der Waals surface area contributed by atoms with Crippen molar-refractivity contribution in [3.63, 3.8) is 0 Å². The topological polar surface area (TPSA) is 60.2 Å². The van der Waals surface area contributed by atoms with Crippen LogP contribution in [0.1, 0.15) is 19.3 Å². The summed E-state index contributed by atoms with van der Waals surface area (Å²) >= 11 is 0. The monoisotopic (exact) mass is 211 g/mol. The third-order valence-electron chi connectivity index (χ3n) is 3.07. The molecule has 0 aromatic rings. The van der Waals surface area contributed by atoms with E-state index in [2.05, 4.69) is 0 Å². The van der Waals surface area contributed by atoms with Gasteiger partial charge in [-0.2, -0.15) is 0 Å². The number of hydrogen-bond donors (Lipinski definition) is 1. The molecule has 5 heteroatoms. The number of hydrogen-bond acceptors (Lipinski definition) is 3. The first-order valence-corrected chi connectivity index (χ1v) is 5.82. The summed E-state index contributed by atoms with van der Waals surface area (Å²) in [4.78, 5) is 0. The van der Waals surface area contributed by atoms with Crippen LogP contribution in [0.2, 0.25) is 0 Å². The van der Waals surface area contributed by atoms with Gasteiger partial charge in [-0.05, 0) is 24.7 Å². The van der Waals surface area contributed by atoms with E-state index >= 15 is 0 Å². The zero-order chi connectivity index (χ0) is 8.11. The van der Waals surface area contributed by atoms with Crippen LogP contribution in [0.25, 0.3) is 0 Å². The van der Waals surface area contributed by atoms with Gasteiger partial charge >= 0.3 is 0 Å². The van der Waals surface area contributed by atoms with Crippen LogP contribution in [0.15, 0.2) is 0 Å². The van der Waals surface area contributed by atoms with Gasteiger partial charge in [0.15, 0.2) is 0 Å². The quantitative estimate of drug-likeness (QED) is 0.629. The first kappa shape index (κ1) is 10.3. The van der Waals surface area contributed by atoms with Crippen molar-refractivity contribution in [3.05, 3.63) is 0 Å². The summed E-state index contributed by atoms with van der Waals surface area (Å²) in [6.07, 6.45) is 2.65. The maximum atomic E-state index is 11.0. The lowest BCUT2D eigenvalue weighted by molar-refractivity contribution is 0.431. The molecule has 2 N–H and O–H groups in total. The van der Waals surface area contributed by atoms with E-state index in [0.29, 0.717) is 11.5 Å². The molecule has 1 spiro atoms. The average molecular weight is 212 g/mol. The van der Waals surface area contributed by atoms with Crippen LogP contribution < -0.4 is 5.73 Å². The Morgan fingerprint density at radius 3 is 2.00 bits per heavy atom. The van der Waals surface area contributed by atoms with Crippen molar-refractivity contribution < 1.29 is 8.42 Å². The van der Waals surface area contributed by atoms with Crippen LogP contribution >= 0.6 is 12.4 Å². The maximum absolute atomic E-state index is 11.0. The van der Waals surface area contributed by atoms with Crippen LogP contribution in [0.3, 0.4) is 0 Å². The molecule has 1 atom stereocenters. The van der Waals surface area contributed by atoms with Gasteiger partial charge in [-0.25, -0.2) is 8.42 Å². The number of nitrogens with two attached hydrogens (primary N) is 1. The molecule has 1 heterocycles. The molecule has 2 fully saturated rings. The fourth-order valence-electron chi connectivity index (χ4n) is 1.90. The summed E-state index contributed by atoms with van der Waals surface area (Å²) in [7, 11) is -2.69. The third kappa shape index (κ3) is 1.60. The van der Waals surface area contributed by atoms with Crippen molar-refractivity contribution >= 4 is 22.2 Å². The normalized spacial score (nSPS) is 35.6. The molecule has 1 saturated heterocycles. The molecule has 2 rings (SSSR count). The fraction of sp³-hybridized carbons (Fsp3) is 1.00. The van der Waals surface area contributed by atoms with Crippen molar-refractivity contribution in [1.29, 1.82) is 0 Å². The molecule has 1 unspecified atom stereocenters. The lowest BCUT2D eigenvalue weighted by Gasteiger charge is -2.21. The van der Waals surface area contributed by atoms with Crippen molar-refractivity contribution in [1.82, 2.24) is 0 Å². The summed E-state index contributed by atoms with van der Waals surface area (Å²) in [5, 5.41) is 0. The van der Waals surface area contributed by atoms with Gasteiger partial charge in [0, 0.05) is 6.04 Å². The summed E-state index contributed by atoms with van der Waals surface area (Å²) < 4.78 is 22.1. The van der Waals surface area contributed by atoms with Gasteiger partial charge in [0.05, 0.1) is 11.5 Å². The predicted molar refractivity (Wildman–Crippen MR) is 50.2 cm³/mol. The Morgan fingerprint density at radius 2 is 1.67 bits per heavy atom. The smallest absolute Gasteiger partial charge is 0.150 e. The third-order valence-corrected chi connectivity index (χ3v) is 4.73. The Morgan fingerprint density at radius 1 is 1.25 bits per heavy atom. The molecule has 0 aromatic heterocycles. The second kappa shape index (κ2) is 2.86. The van der Waals surface area contributed by atoms with Gasteiger partial charge in [0.2, 0.25) is 0 Å². The van der Waals surface area contributed by atoms with E-state index in [0.717, 1.165) is 19.3 Å². The van der Waals surface area contributed by atoms with E-state index < -0.39 is 9.84 Å². The molecule has 72 valence electrons. The molecule has 0 amide bonds. The first-order valence-electron chi connectivity index (χ1n) is 4.00. The first-order chi connectivity index (χ1) is 5.04. The summed E-state index contributed by atoms with van der Waals surface area (Å²) in [6.45, 7) is 0. The van der Waals surface area contributed by atoms with E-state index in [9.17, 15) is 8.42 Å². The molecular weight excluding hydrogens is 198 g/mol. The largest absolute Gasteiger partial charge is 0.327 e. The molecule has 1 aliphatic carbocycles. The number of halogens is 1. The van der Waals surface area contributed by atoms with Crippen molar-refractivity contribution in [3.8, 4) is 0 Å². The Kier molecular flexibility index (Phi) is 2.45. The Labute approximate surface area is 79.0 Å². The highest BCUT2D eigenvalue weighted by molar-refractivity contribution is 7.91. The average Bonchev–Trinajstić information content (AvgIpc) is 2.54. The second-order valence-corrected chi connectivity index (χ2v) is 6.13. The highest BCUT2D eigenvalue weighted by Crippen LogP contribution is 2.52. The number of sulfone groups is 1. The van der Waals surface area contributed by atoms with Crippen LogP contribution in [0.5, 0.6) is 0 Å². The lowest BCUT2D eigenvalue weighted by atomic mass is 9.99. The van der Waals surface area contributed by atoms with E-state index in [4.69, 9.17) is 5.73 Å². The molecule has 12 heavy (non-hydrogen) atoms. The molecule has 0 bridgehead atoms. The Bertz CT molecular complexity index is 261. The zero-order valence-electron chi connectivity index (χ0n) is 6.82. The molecular formula is C7H14ClNO2S. The van der Waals surface area contributed by atoms with Gasteiger partial charge in [-0.1, -0.05) is 0 Å². The molecule has 1 aliphatic heterocycles. The highest BCUT2D eigenvalue weighted by atomic mass is 35.5. The van der Waals surface area contributed by atoms with Crippen LogP contribution in [0.4, 0.5) is 0 Å². The van der Waals surface area contributed by atoms with E-state index in [-0.39, 0.29) is 23.9 Å². The molecule has 0 radical (unpaired) electrons. The van der Waals surface area contributed by atoms with Crippen LogP contribution in [0, 0.1) is 5.41 Å². The minimum atomic E-state index is -2.69. The highest BCUT2D eigenvalue weighted by Gasteiger charge is 2.53. The van der Waals surface area contributed by atoms with Crippen molar-refractivity contribution in [2.45, 2.75) is 25.3 Å². The van der Waals surface area contributed by atoms with Crippen molar-refractivity contribution in [2.24, 2.45) is 11.1 Å².